The lowest BCUT2D eigenvalue weighted by molar-refractivity contribution is -0.120. The highest BCUT2D eigenvalue weighted by atomic mass is 16.5. The minimum atomic E-state index is -0.0330. The molecule has 150 valence electrons. The summed E-state index contributed by atoms with van der Waals surface area (Å²) in [5.41, 5.74) is 3.88. The van der Waals surface area contributed by atoms with Crippen LogP contribution in [-0.2, 0) is 11.2 Å². The minimum absolute atomic E-state index is 0.0330. The molecule has 0 spiro atoms. The van der Waals surface area contributed by atoms with E-state index in [9.17, 15) is 4.79 Å². The Labute approximate surface area is 170 Å². The van der Waals surface area contributed by atoms with E-state index >= 15 is 0 Å². The van der Waals surface area contributed by atoms with Gasteiger partial charge >= 0.3 is 0 Å². The summed E-state index contributed by atoms with van der Waals surface area (Å²) < 4.78 is 11.0. The van der Waals surface area contributed by atoms with Crippen molar-refractivity contribution < 1.29 is 14.3 Å². The van der Waals surface area contributed by atoms with Crippen LogP contribution in [0.1, 0.15) is 18.1 Å². The van der Waals surface area contributed by atoms with Crippen molar-refractivity contribution in [3.8, 4) is 22.9 Å². The molecular weight excluding hydrogens is 366 g/mol. The topological polar surface area (TPSA) is 73.3 Å². The number of nitrogens with one attached hydrogen (secondary N) is 1. The predicted molar refractivity (Wildman–Crippen MR) is 112 cm³/mol. The van der Waals surface area contributed by atoms with Gasteiger partial charge in [0.25, 0.3) is 0 Å². The van der Waals surface area contributed by atoms with Crippen molar-refractivity contribution in [1.82, 2.24) is 15.5 Å². The zero-order valence-electron chi connectivity index (χ0n) is 16.7. The Morgan fingerprint density at radius 2 is 1.69 bits per heavy atom. The molecule has 0 aliphatic heterocycles. The molecule has 29 heavy (non-hydrogen) atoms. The number of hydrogen-bond acceptors (Lipinski definition) is 5. The van der Waals surface area contributed by atoms with E-state index in [4.69, 9.17) is 9.47 Å². The molecule has 0 radical (unpaired) electrons. The fraction of sp³-hybridized carbons (Fsp3) is 0.261. The van der Waals surface area contributed by atoms with Gasteiger partial charge in [0.05, 0.1) is 25.3 Å². The lowest BCUT2D eigenvalue weighted by atomic mass is 10.1. The Kier molecular flexibility index (Phi) is 7.16. The van der Waals surface area contributed by atoms with E-state index in [0.29, 0.717) is 32.1 Å². The third-order valence-electron chi connectivity index (χ3n) is 4.26. The Balaban J connectivity index is 1.42. The molecule has 0 unspecified atom stereocenters. The molecule has 3 rings (SSSR count). The molecule has 6 heteroatoms. The lowest BCUT2D eigenvalue weighted by Crippen LogP contribution is -2.29. The summed E-state index contributed by atoms with van der Waals surface area (Å²) in [5, 5.41) is 11.1. The number of carbonyl (C=O) groups is 1. The van der Waals surface area contributed by atoms with Crippen molar-refractivity contribution in [2.45, 2.75) is 20.3 Å². The molecule has 0 aliphatic carbocycles. The summed E-state index contributed by atoms with van der Waals surface area (Å²) >= 11 is 0. The zero-order chi connectivity index (χ0) is 20.5. The van der Waals surface area contributed by atoms with Gasteiger partial charge in [-0.2, -0.15) is 0 Å². The van der Waals surface area contributed by atoms with Crippen LogP contribution in [0.2, 0.25) is 0 Å². The van der Waals surface area contributed by atoms with Gasteiger partial charge in [-0.05, 0) is 49.7 Å². The van der Waals surface area contributed by atoms with Crippen molar-refractivity contribution >= 4 is 5.91 Å². The van der Waals surface area contributed by atoms with Gasteiger partial charge < -0.3 is 14.8 Å². The van der Waals surface area contributed by atoms with Crippen LogP contribution < -0.4 is 14.8 Å². The third-order valence-corrected chi connectivity index (χ3v) is 4.26. The second-order valence-electron chi connectivity index (χ2n) is 6.57. The van der Waals surface area contributed by atoms with E-state index in [0.717, 1.165) is 22.6 Å². The molecule has 0 saturated carbocycles. The first-order valence-electron chi connectivity index (χ1n) is 9.66. The van der Waals surface area contributed by atoms with Gasteiger partial charge in [0, 0.05) is 11.6 Å². The summed E-state index contributed by atoms with van der Waals surface area (Å²) in [7, 11) is 0. The predicted octanol–water partition coefficient (Wildman–Crippen LogP) is 3.59. The van der Waals surface area contributed by atoms with Gasteiger partial charge in [0.2, 0.25) is 11.8 Å². The lowest BCUT2D eigenvalue weighted by Gasteiger charge is -2.08. The maximum atomic E-state index is 12.0. The fourth-order valence-corrected chi connectivity index (χ4v) is 2.74. The molecule has 0 bridgehead atoms. The number of amides is 1. The number of carbonyl (C=O) groups excluding carboxylic acids is 1. The van der Waals surface area contributed by atoms with Gasteiger partial charge in [-0.15, -0.1) is 10.2 Å². The number of ether oxygens (including phenoxy) is 2. The van der Waals surface area contributed by atoms with Gasteiger partial charge in [-0.25, -0.2) is 0 Å². The van der Waals surface area contributed by atoms with Crippen LogP contribution in [0.4, 0.5) is 0 Å². The molecular formula is C23H25N3O3. The maximum Gasteiger partial charge on any atom is 0.233 e. The zero-order valence-corrected chi connectivity index (χ0v) is 16.7. The van der Waals surface area contributed by atoms with Crippen molar-refractivity contribution in [3.63, 3.8) is 0 Å². The molecule has 0 fully saturated rings. The summed E-state index contributed by atoms with van der Waals surface area (Å²) in [6.45, 7) is 5.35. The number of hydrogen-bond donors (Lipinski definition) is 1. The van der Waals surface area contributed by atoms with Gasteiger partial charge in [0.15, 0.2) is 0 Å². The second-order valence-corrected chi connectivity index (χ2v) is 6.57. The second kappa shape index (κ2) is 10.2. The van der Waals surface area contributed by atoms with Gasteiger partial charge in [-0.1, -0.05) is 29.8 Å². The number of aromatic nitrogens is 2. The largest absolute Gasteiger partial charge is 0.494 e. The first kappa shape index (κ1) is 20.3. The van der Waals surface area contributed by atoms with E-state index < -0.39 is 0 Å². The van der Waals surface area contributed by atoms with E-state index in [-0.39, 0.29) is 5.91 Å². The van der Waals surface area contributed by atoms with Gasteiger partial charge in [0.1, 0.15) is 12.4 Å². The minimum Gasteiger partial charge on any atom is -0.494 e. The van der Waals surface area contributed by atoms with Crippen molar-refractivity contribution in [2.24, 2.45) is 0 Å². The Morgan fingerprint density at radius 3 is 2.34 bits per heavy atom. The Bertz CT molecular complexity index is 908. The molecule has 1 aromatic heterocycles. The normalized spacial score (nSPS) is 10.4. The van der Waals surface area contributed by atoms with Gasteiger partial charge in [-0.3, -0.25) is 4.79 Å². The number of rotatable bonds is 9. The molecule has 2 aromatic carbocycles. The average molecular weight is 391 g/mol. The highest BCUT2D eigenvalue weighted by Crippen LogP contribution is 2.21. The molecule has 3 aromatic rings. The smallest absolute Gasteiger partial charge is 0.233 e. The Hall–Kier alpha value is -3.41. The van der Waals surface area contributed by atoms with Crippen LogP contribution in [0.25, 0.3) is 11.3 Å². The highest BCUT2D eigenvalue weighted by Gasteiger charge is 2.05. The van der Waals surface area contributed by atoms with Crippen LogP contribution in [0.5, 0.6) is 11.6 Å². The standard InChI is InChI=1S/C23H25N3O3/c1-3-28-20-10-8-19(9-11-20)21-12-13-23(26-25-21)29-15-14-24-22(27)16-18-6-4-17(2)5-7-18/h4-13H,3,14-16H2,1-2H3,(H,24,27). The fourth-order valence-electron chi connectivity index (χ4n) is 2.74. The summed E-state index contributed by atoms with van der Waals surface area (Å²) in [6, 6.07) is 19.3. The third kappa shape index (κ3) is 6.31. The molecule has 0 atom stereocenters. The molecule has 1 N–H and O–H groups in total. The van der Waals surface area contributed by atoms with Crippen molar-refractivity contribution in [2.75, 3.05) is 19.8 Å². The maximum absolute atomic E-state index is 12.0. The Morgan fingerprint density at radius 1 is 0.931 bits per heavy atom. The quantitative estimate of drug-likeness (QED) is 0.564. The van der Waals surface area contributed by atoms with Crippen LogP contribution in [0.3, 0.4) is 0 Å². The van der Waals surface area contributed by atoms with Crippen molar-refractivity contribution in [3.05, 3.63) is 71.8 Å². The summed E-state index contributed by atoms with van der Waals surface area (Å²) in [6.07, 6.45) is 0.358. The van der Waals surface area contributed by atoms with E-state index in [1.807, 2.05) is 68.4 Å². The van der Waals surface area contributed by atoms with E-state index in [1.54, 1.807) is 6.07 Å². The van der Waals surface area contributed by atoms with E-state index in [2.05, 4.69) is 15.5 Å². The van der Waals surface area contributed by atoms with Crippen LogP contribution in [0, 0.1) is 6.92 Å². The monoisotopic (exact) mass is 391 g/mol. The first-order valence-corrected chi connectivity index (χ1v) is 9.66. The summed E-state index contributed by atoms with van der Waals surface area (Å²) in [5.74, 6) is 1.22. The molecule has 0 saturated heterocycles. The highest BCUT2D eigenvalue weighted by molar-refractivity contribution is 5.78. The van der Waals surface area contributed by atoms with E-state index in [1.165, 1.54) is 5.56 Å². The van der Waals surface area contributed by atoms with Crippen LogP contribution in [-0.4, -0.2) is 35.9 Å². The number of nitrogens with zero attached hydrogens (tertiary/aromatic N) is 2. The molecule has 1 heterocycles. The molecule has 1 amide bonds. The summed E-state index contributed by atoms with van der Waals surface area (Å²) in [4.78, 5) is 12.0. The number of aryl methyl sites for hydroxylation is 1. The molecule has 0 aliphatic rings. The first-order chi connectivity index (χ1) is 14.1. The van der Waals surface area contributed by atoms with Crippen LogP contribution >= 0.6 is 0 Å². The SMILES string of the molecule is CCOc1ccc(-c2ccc(OCCNC(=O)Cc3ccc(C)cc3)nn2)cc1. The molecule has 6 nitrogen and oxygen atoms in total. The number of benzene rings is 2. The van der Waals surface area contributed by atoms with Crippen molar-refractivity contribution in [1.29, 1.82) is 0 Å². The average Bonchev–Trinajstić information content (AvgIpc) is 2.74. The van der Waals surface area contributed by atoms with Crippen LogP contribution in [0.15, 0.2) is 60.7 Å².